The van der Waals surface area contributed by atoms with Gasteiger partial charge in [0, 0.05) is 16.9 Å². The fourth-order valence-corrected chi connectivity index (χ4v) is 2.60. The van der Waals surface area contributed by atoms with Crippen molar-refractivity contribution in [2.24, 2.45) is 0 Å². The first-order chi connectivity index (χ1) is 6.34. The minimum atomic E-state index is 0.282. The van der Waals surface area contributed by atoms with E-state index in [1.54, 1.807) is 11.3 Å². The first-order valence-electron chi connectivity index (χ1n) is 4.16. The fourth-order valence-electron chi connectivity index (χ4n) is 1.72. The fraction of sp³-hybridized carbons (Fsp3) is 0.222. The Morgan fingerprint density at radius 3 is 3.31 bits per heavy atom. The Morgan fingerprint density at radius 2 is 2.38 bits per heavy atom. The van der Waals surface area contributed by atoms with Gasteiger partial charge in [-0.05, 0) is 17.9 Å². The lowest BCUT2D eigenvalue weighted by Gasteiger charge is -2.07. The second kappa shape index (κ2) is 2.35. The van der Waals surface area contributed by atoms with Gasteiger partial charge < -0.3 is 10.2 Å². The smallest absolute Gasteiger partial charge is 0.292 e. The second-order valence-corrected chi connectivity index (χ2v) is 4.08. The molecule has 0 fully saturated rings. The summed E-state index contributed by atoms with van der Waals surface area (Å²) in [5, 5.41) is 2.09. The molecule has 0 atom stereocenters. The van der Waals surface area contributed by atoms with Crippen molar-refractivity contribution in [1.82, 2.24) is 4.98 Å². The van der Waals surface area contributed by atoms with Crippen LogP contribution in [0.5, 0.6) is 0 Å². The molecular weight excluding hydrogens is 184 g/mol. The molecule has 2 N–H and O–H groups in total. The Hall–Kier alpha value is -1.29. The molecule has 13 heavy (non-hydrogen) atoms. The Bertz CT molecular complexity index is 458. The number of thiophene rings is 1. The van der Waals surface area contributed by atoms with Crippen molar-refractivity contribution in [3.05, 3.63) is 22.1 Å². The third-order valence-corrected chi connectivity index (χ3v) is 3.27. The first kappa shape index (κ1) is 7.15. The number of anilines is 1. The Labute approximate surface area is 79.2 Å². The number of nitrogen functional groups attached to an aromatic ring is 1. The van der Waals surface area contributed by atoms with Gasteiger partial charge >= 0.3 is 0 Å². The van der Waals surface area contributed by atoms with Crippen molar-refractivity contribution in [2.75, 3.05) is 5.73 Å². The van der Waals surface area contributed by atoms with Crippen LogP contribution in [-0.4, -0.2) is 4.98 Å². The van der Waals surface area contributed by atoms with Gasteiger partial charge in [0.05, 0.1) is 0 Å². The number of aryl methyl sites for hydroxylation is 2. The summed E-state index contributed by atoms with van der Waals surface area (Å²) < 4.78 is 5.30. The quantitative estimate of drug-likeness (QED) is 0.695. The maximum atomic E-state index is 5.51. The Morgan fingerprint density at radius 1 is 1.46 bits per heavy atom. The lowest BCUT2D eigenvalue weighted by molar-refractivity contribution is 0.521. The van der Waals surface area contributed by atoms with E-state index in [-0.39, 0.29) is 6.01 Å². The lowest BCUT2D eigenvalue weighted by Crippen LogP contribution is -1.98. The summed E-state index contributed by atoms with van der Waals surface area (Å²) in [5.74, 6) is 0.934. The number of aromatic nitrogens is 1. The topological polar surface area (TPSA) is 52.0 Å². The Balaban J connectivity index is 2.29. The highest BCUT2D eigenvalue weighted by atomic mass is 32.1. The van der Waals surface area contributed by atoms with E-state index in [0.29, 0.717) is 0 Å². The van der Waals surface area contributed by atoms with Crippen molar-refractivity contribution >= 4 is 17.4 Å². The molecule has 0 aromatic carbocycles. The molecule has 3 nitrogen and oxygen atoms in total. The van der Waals surface area contributed by atoms with Crippen LogP contribution in [0.25, 0.3) is 11.3 Å². The molecule has 0 amide bonds. The van der Waals surface area contributed by atoms with Gasteiger partial charge in [0.2, 0.25) is 0 Å². The Kier molecular flexibility index (Phi) is 1.29. The number of nitrogens with zero attached hydrogens (tertiary/aromatic N) is 1. The summed E-state index contributed by atoms with van der Waals surface area (Å²) in [6.07, 6.45) is 1.97. The molecular formula is C9H8N2OS. The number of hydrogen-bond acceptors (Lipinski definition) is 4. The van der Waals surface area contributed by atoms with Crippen LogP contribution in [0.1, 0.15) is 10.6 Å². The number of fused-ring (bicyclic) bond motifs is 3. The zero-order valence-electron chi connectivity index (χ0n) is 6.91. The summed E-state index contributed by atoms with van der Waals surface area (Å²) in [5.41, 5.74) is 7.65. The molecule has 2 aromatic rings. The second-order valence-electron chi connectivity index (χ2n) is 3.08. The molecule has 0 spiro atoms. The molecule has 0 radical (unpaired) electrons. The summed E-state index contributed by atoms with van der Waals surface area (Å²) in [6.45, 7) is 0. The van der Waals surface area contributed by atoms with Gasteiger partial charge in [-0.2, -0.15) is 4.98 Å². The van der Waals surface area contributed by atoms with Gasteiger partial charge in [-0.15, -0.1) is 11.3 Å². The van der Waals surface area contributed by atoms with Crippen LogP contribution in [0.4, 0.5) is 6.01 Å². The predicted molar refractivity (Wildman–Crippen MR) is 51.6 cm³/mol. The van der Waals surface area contributed by atoms with Gasteiger partial charge in [0.25, 0.3) is 6.01 Å². The minimum Gasteiger partial charge on any atom is -0.428 e. The summed E-state index contributed by atoms with van der Waals surface area (Å²) in [4.78, 5) is 5.57. The maximum absolute atomic E-state index is 5.51. The number of oxazole rings is 1. The van der Waals surface area contributed by atoms with Crippen LogP contribution in [0, 0.1) is 0 Å². The molecule has 66 valence electrons. The van der Waals surface area contributed by atoms with Crippen molar-refractivity contribution in [3.63, 3.8) is 0 Å². The zero-order valence-corrected chi connectivity index (χ0v) is 7.73. The van der Waals surface area contributed by atoms with Crippen molar-refractivity contribution in [1.29, 1.82) is 0 Å². The molecule has 3 rings (SSSR count). The maximum Gasteiger partial charge on any atom is 0.292 e. The largest absolute Gasteiger partial charge is 0.428 e. The summed E-state index contributed by atoms with van der Waals surface area (Å²) in [7, 11) is 0. The molecule has 0 saturated carbocycles. The number of nitrogens with two attached hydrogens (primary N) is 1. The highest BCUT2D eigenvalue weighted by molar-refractivity contribution is 7.10. The molecule has 0 saturated heterocycles. The number of rotatable bonds is 0. The van der Waals surface area contributed by atoms with E-state index < -0.39 is 0 Å². The summed E-state index contributed by atoms with van der Waals surface area (Å²) >= 11 is 1.78. The van der Waals surface area contributed by atoms with E-state index >= 15 is 0 Å². The molecule has 2 aromatic heterocycles. The van der Waals surface area contributed by atoms with Gasteiger partial charge in [-0.1, -0.05) is 0 Å². The standard InChI is InChI=1S/C9H8N2OS/c10-9-11-8-5-3-4-13-7(5)2-1-6(8)12-9/h3-4H,1-2H2,(H2,10,11). The molecule has 2 heterocycles. The highest BCUT2D eigenvalue weighted by Crippen LogP contribution is 2.36. The average molecular weight is 192 g/mol. The van der Waals surface area contributed by atoms with E-state index in [2.05, 4.69) is 16.4 Å². The predicted octanol–water partition coefficient (Wildman–Crippen LogP) is 2.08. The molecule has 4 heteroatoms. The van der Waals surface area contributed by atoms with Crippen molar-refractivity contribution in [2.45, 2.75) is 12.8 Å². The van der Waals surface area contributed by atoms with E-state index in [0.717, 1.165) is 24.3 Å². The molecule has 0 aliphatic heterocycles. The minimum absolute atomic E-state index is 0.282. The average Bonchev–Trinajstić information content (AvgIpc) is 2.65. The van der Waals surface area contributed by atoms with Gasteiger partial charge in [0.1, 0.15) is 11.5 Å². The molecule has 0 bridgehead atoms. The first-order valence-corrected chi connectivity index (χ1v) is 5.04. The monoisotopic (exact) mass is 192 g/mol. The van der Waals surface area contributed by atoms with Gasteiger partial charge in [0.15, 0.2) is 0 Å². The van der Waals surface area contributed by atoms with Crippen molar-refractivity contribution in [3.8, 4) is 11.3 Å². The zero-order chi connectivity index (χ0) is 8.84. The van der Waals surface area contributed by atoms with E-state index in [4.69, 9.17) is 10.2 Å². The summed E-state index contributed by atoms with van der Waals surface area (Å²) in [6, 6.07) is 2.36. The molecule has 1 aliphatic carbocycles. The molecule has 1 aliphatic rings. The lowest BCUT2D eigenvalue weighted by atomic mass is 10.0. The SMILES string of the molecule is Nc1nc2c(o1)CCc1sccc1-2. The van der Waals surface area contributed by atoms with Gasteiger partial charge in [-0.3, -0.25) is 0 Å². The van der Waals surface area contributed by atoms with Crippen LogP contribution >= 0.6 is 11.3 Å². The van der Waals surface area contributed by atoms with E-state index in [1.165, 1.54) is 10.4 Å². The molecule has 0 unspecified atom stereocenters. The third-order valence-electron chi connectivity index (χ3n) is 2.29. The van der Waals surface area contributed by atoms with Crippen LogP contribution in [0.2, 0.25) is 0 Å². The highest BCUT2D eigenvalue weighted by Gasteiger charge is 2.22. The van der Waals surface area contributed by atoms with Crippen LogP contribution < -0.4 is 5.73 Å². The van der Waals surface area contributed by atoms with Crippen LogP contribution in [-0.2, 0) is 12.8 Å². The third kappa shape index (κ3) is 0.920. The number of hydrogen-bond donors (Lipinski definition) is 1. The van der Waals surface area contributed by atoms with Crippen molar-refractivity contribution < 1.29 is 4.42 Å². The van der Waals surface area contributed by atoms with Crippen LogP contribution in [0.15, 0.2) is 15.9 Å². The van der Waals surface area contributed by atoms with Gasteiger partial charge in [-0.25, -0.2) is 0 Å². The van der Waals surface area contributed by atoms with Crippen LogP contribution in [0.3, 0.4) is 0 Å². The normalized spacial score (nSPS) is 13.8. The van der Waals surface area contributed by atoms with E-state index in [9.17, 15) is 0 Å². The van der Waals surface area contributed by atoms with E-state index in [1.807, 2.05) is 0 Å².